The lowest BCUT2D eigenvalue weighted by atomic mass is 9.89. The first-order valence-corrected chi connectivity index (χ1v) is 9.55. The van der Waals surface area contributed by atoms with Crippen LogP contribution in [0.15, 0.2) is 45.4 Å². The Bertz CT molecular complexity index is 832. The summed E-state index contributed by atoms with van der Waals surface area (Å²) >= 11 is 7.77. The van der Waals surface area contributed by atoms with Crippen molar-refractivity contribution in [2.45, 2.75) is 30.4 Å². The number of hydrogen-bond donors (Lipinski definition) is 0. The van der Waals surface area contributed by atoms with E-state index < -0.39 is 11.6 Å². The van der Waals surface area contributed by atoms with Gasteiger partial charge >= 0.3 is 0 Å². The van der Waals surface area contributed by atoms with Gasteiger partial charge in [-0.2, -0.15) is 0 Å². The van der Waals surface area contributed by atoms with Crippen molar-refractivity contribution in [1.29, 1.82) is 0 Å². The van der Waals surface area contributed by atoms with Crippen molar-refractivity contribution in [3.8, 4) is 0 Å². The van der Waals surface area contributed by atoms with Crippen LogP contribution < -0.4 is 4.90 Å². The van der Waals surface area contributed by atoms with Gasteiger partial charge in [0.2, 0.25) is 0 Å². The van der Waals surface area contributed by atoms with Gasteiger partial charge in [0.05, 0.1) is 24.6 Å². The van der Waals surface area contributed by atoms with E-state index in [1.807, 2.05) is 11.1 Å². The third-order valence-electron chi connectivity index (χ3n) is 5.06. The lowest BCUT2D eigenvalue weighted by Gasteiger charge is -2.32. The summed E-state index contributed by atoms with van der Waals surface area (Å²) in [4.78, 5) is 7.76. The maximum Gasteiger partial charge on any atom is 0.173 e. The van der Waals surface area contributed by atoms with Gasteiger partial charge in [0.25, 0.3) is 0 Å². The lowest BCUT2D eigenvalue weighted by Crippen LogP contribution is -2.34. The molecule has 1 aromatic carbocycles. The maximum absolute atomic E-state index is 13.5. The van der Waals surface area contributed by atoms with Gasteiger partial charge in [0, 0.05) is 30.3 Å². The van der Waals surface area contributed by atoms with Crippen LogP contribution in [0.3, 0.4) is 0 Å². The molecule has 1 spiro atoms. The molecule has 0 N–H and O–H groups in total. The number of aliphatic imine (C=N–C) groups is 1. The molecule has 130 valence electrons. The number of halogens is 2. The van der Waals surface area contributed by atoms with Gasteiger partial charge < -0.3 is 14.4 Å². The van der Waals surface area contributed by atoms with Gasteiger partial charge in [0.15, 0.2) is 5.79 Å². The smallest absolute Gasteiger partial charge is 0.173 e. The molecule has 25 heavy (non-hydrogen) atoms. The van der Waals surface area contributed by atoms with Crippen LogP contribution in [0.2, 0.25) is 5.02 Å². The molecule has 0 saturated carbocycles. The van der Waals surface area contributed by atoms with E-state index in [0.29, 0.717) is 13.2 Å². The minimum atomic E-state index is -0.440. The van der Waals surface area contributed by atoms with E-state index in [-0.39, 0.29) is 10.4 Å². The molecule has 1 aliphatic carbocycles. The molecule has 0 amide bonds. The summed E-state index contributed by atoms with van der Waals surface area (Å²) in [6, 6.07) is 4.78. The number of hydrogen-bond acceptors (Lipinski definition) is 5. The summed E-state index contributed by atoms with van der Waals surface area (Å²) in [5.74, 6) is -0.853. The molecule has 1 aromatic rings. The zero-order valence-corrected chi connectivity index (χ0v) is 14.9. The summed E-state index contributed by atoms with van der Waals surface area (Å²) in [6.45, 7) is 1.34. The minimum Gasteiger partial charge on any atom is -0.347 e. The molecule has 1 fully saturated rings. The van der Waals surface area contributed by atoms with Crippen molar-refractivity contribution < 1.29 is 13.9 Å². The number of anilines is 1. The van der Waals surface area contributed by atoms with Gasteiger partial charge in [-0.3, -0.25) is 0 Å². The van der Waals surface area contributed by atoms with Crippen LogP contribution in [0, 0.1) is 5.82 Å². The minimum absolute atomic E-state index is 0.0978. The van der Waals surface area contributed by atoms with Gasteiger partial charge in [-0.25, -0.2) is 9.38 Å². The van der Waals surface area contributed by atoms with Crippen molar-refractivity contribution in [3.05, 3.63) is 51.3 Å². The molecule has 1 atom stereocenters. The van der Waals surface area contributed by atoms with Crippen molar-refractivity contribution >= 4 is 35.4 Å². The second kappa shape index (κ2) is 5.84. The first kappa shape index (κ1) is 15.9. The molecule has 0 bridgehead atoms. The number of ether oxygens (including phenoxy) is 2. The second-order valence-corrected chi connectivity index (χ2v) is 8.09. The van der Waals surface area contributed by atoms with Crippen molar-refractivity contribution in [1.82, 2.24) is 0 Å². The molecule has 1 unspecified atom stereocenters. The Morgan fingerprint density at radius 2 is 2.16 bits per heavy atom. The standard InChI is InChI=1S/C18H16ClFN2O2S/c19-14-7-11(1-2-15(14)20)22-10-21-9-13-12-3-4-18(23-5-6-24-18)8-16(12)25-17(13)22/h1-2,7,9-10,17H,3-6,8H2. The summed E-state index contributed by atoms with van der Waals surface area (Å²) in [5.41, 5.74) is 3.41. The summed E-state index contributed by atoms with van der Waals surface area (Å²) in [6.07, 6.45) is 6.32. The van der Waals surface area contributed by atoms with Crippen molar-refractivity contribution in [2.24, 2.45) is 4.99 Å². The molecule has 0 radical (unpaired) electrons. The van der Waals surface area contributed by atoms with Gasteiger partial charge in [-0.15, -0.1) is 0 Å². The molecule has 7 heteroatoms. The largest absolute Gasteiger partial charge is 0.347 e. The number of thioether (sulfide) groups is 1. The molecular weight excluding hydrogens is 363 g/mol. The third-order valence-corrected chi connectivity index (χ3v) is 6.73. The van der Waals surface area contributed by atoms with Crippen molar-refractivity contribution in [2.75, 3.05) is 18.1 Å². The predicted octanol–water partition coefficient (Wildman–Crippen LogP) is 4.47. The predicted molar refractivity (Wildman–Crippen MR) is 97.4 cm³/mol. The number of rotatable bonds is 1. The van der Waals surface area contributed by atoms with Crippen LogP contribution in [0.25, 0.3) is 0 Å². The average Bonchev–Trinajstić information content (AvgIpc) is 3.21. The highest BCUT2D eigenvalue weighted by atomic mass is 35.5. The highest BCUT2D eigenvalue weighted by Crippen LogP contribution is 2.54. The second-order valence-electron chi connectivity index (χ2n) is 6.51. The van der Waals surface area contributed by atoms with Crippen LogP contribution in [0.5, 0.6) is 0 Å². The van der Waals surface area contributed by atoms with Gasteiger partial charge in [-0.05, 0) is 35.1 Å². The first-order valence-electron chi connectivity index (χ1n) is 8.29. The molecule has 0 aromatic heterocycles. The Morgan fingerprint density at radius 3 is 2.96 bits per heavy atom. The highest BCUT2D eigenvalue weighted by Gasteiger charge is 2.46. The number of nitrogens with zero attached hydrogens (tertiary/aromatic N) is 2. The van der Waals surface area contributed by atoms with Gasteiger partial charge in [0.1, 0.15) is 11.2 Å². The van der Waals surface area contributed by atoms with E-state index in [4.69, 9.17) is 21.1 Å². The van der Waals surface area contributed by atoms with E-state index in [1.165, 1.54) is 22.1 Å². The number of fused-ring (bicyclic) bond motifs is 2. The Balaban J connectivity index is 1.45. The fourth-order valence-corrected chi connectivity index (χ4v) is 5.57. The average molecular weight is 379 g/mol. The Labute approximate surface area is 154 Å². The number of benzene rings is 1. The zero-order valence-electron chi connectivity index (χ0n) is 13.4. The maximum atomic E-state index is 13.5. The van der Waals surface area contributed by atoms with Crippen molar-refractivity contribution in [3.63, 3.8) is 0 Å². The summed E-state index contributed by atoms with van der Waals surface area (Å²) < 4.78 is 25.3. The van der Waals surface area contributed by atoms with E-state index in [1.54, 1.807) is 30.2 Å². The molecule has 5 rings (SSSR count). The summed E-state index contributed by atoms with van der Waals surface area (Å²) in [7, 11) is 0. The van der Waals surface area contributed by atoms with E-state index in [9.17, 15) is 4.39 Å². The molecular formula is C18H16ClFN2O2S. The molecule has 4 nitrogen and oxygen atoms in total. The monoisotopic (exact) mass is 378 g/mol. The fraction of sp³-hybridized carbons (Fsp3) is 0.389. The van der Waals surface area contributed by atoms with Crippen LogP contribution in [0.4, 0.5) is 10.1 Å². The van der Waals surface area contributed by atoms with Crippen LogP contribution in [0.1, 0.15) is 19.3 Å². The Morgan fingerprint density at radius 1 is 1.32 bits per heavy atom. The normalized spacial score (nSPS) is 26.9. The van der Waals surface area contributed by atoms with Crippen LogP contribution in [-0.4, -0.2) is 30.7 Å². The van der Waals surface area contributed by atoms with E-state index >= 15 is 0 Å². The quantitative estimate of drug-likeness (QED) is 0.722. The van der Waals surface area contributed by atoms with E-state index in [2.05, 4.69) is 4.99 Å². The Hall–Kier alpha value is -1.34. The molecule has 1 saturated heterocycles. The summed E-state index contributed by atoms with van der Waals surface area (Å²) in [5, 5.41) is 0.218. The Kier molecular flexibility index (Phi) is 3.71. The highest BCUT2D eigenvalue weighted by molar-refractivity contribution is 8.04. The molecule has 4 aliphatic rings. The first-order chi connectivity index (χ1) is 12.2. The van der Waals surface area contributed by atoms with Crippen LogP contribution in [-0.2, 0) is 9.47 Å². The topological polar surface area (TPSA) is 34.1 Å². The SMILES string of the molecule is Fc1ccc(N2C=NC=C3C4=C(CC5(CC4)OCCO5)SC32)cc1Cl. The van der Waals surface area contributed by atoms with Gasteiger partial charge in [-0.1, -0.05) is 23.4 Å². The third kappa shape index (κ3) is 2.54. The zero-order chi connectivity index (χ0) is 17.0. The van der Waals surface area contributed by atoms with E-state index in [0.717, 1.165) is 24.9 Å². The van der Waals surface area contributed by atoms with Crippen LogP contribution >= 0.6 is 23.4 Å². The molecule has 3 aliphatic heterocycles. The molecule has 3 heterocycles. The fourth-order valence-electron chi connectivity index (χ4n) is 3.85. The lowest BCUT2D eigenvalue weighted by molar-refractivity contribution is -0.161.